The van der Waals surface area contributed by atoms with E-state index in [-0.39, 0.29) is 6.20 Å². The van der Waals surface area contributed by atoms with Crippen LogP contribution in [0, 0.1) is 5.82 Å². The molecular formula is C7H2ClF6N. The number of halogens is 7. The van der Waals surface area contributed by atoms with E-state index in [4.69, 9.17) is 11.6 Å². The first kappa shape index (κ1) is 12.1. The van der Waals surface area contributed by atoms with E-state index < -0.39 is 34.7 Å². The van der Waals surface area contributed by atoms with Crippen LogP contribution in [0.3, 0.4) is 0 Å². The smallest absolute Gasteiger partial charge is 0.241 e. The van der Waals surface area contributed by atoms with E-state index in [9.17, 15) is 26.3 Å². The van der Waals surface area contributed by atoms with Crippen molar-refractivity contribution in [3.63, 3.8) is 0 Å². The molecule has 0 saturated heterocycles. The minimum atomic E-state index is -5.23. The molecule has 0 saturated carbocycles. The van der Waals surface area contributed by atoms with Gasteiger partial charge in [-0.25, -0.2) is 18.2 Å². The van der Waals surface area contributed by atoms with E-state index in [2.05, 4.69) is 4.98 Å². The van der Waals surface area contributed by atoms with Crippen LogP contribution in [0.2, 0.25) is 5.15 Å². The lowest BCUT2D eigenvalue weighted by Crippen LogP contribution is -2.13. The molecule has 0 atom stereocenters. The number of aromatic nitrogens is 1. The molecule has 1 heterocycles. The fourth-order valence-corrected chi connectivity index (χ4v) is 1.07. The maximum absolute atomic E-state index is 12.9. The van der Waals surface area contributed by atoms with Crippen LogP contribution in [0.5, 0.6) is 0 Å². The molecule has 15 heavy (non-hydrogen) atoms. The summed E-state index contributed by atoms with van der Waals surface area (Å²) >= 11 is 4.97. The molecule has 1 aromatic heterocycles. The van der Waals surface area contributed by atoms with Gasteiger partial charge in [0.25, 0.3) is 6.43 Å². The first-order valence-electron chi connectivity index (χ1n) is 3.44. The Balaban J connectivity index is 3.49. The Labute approximate surface area is 84.7 Å². The number of nitrogens with zero attached hydrogens (tertiary/aromatic N) is 1. The standard InChI is InChI=1S/C7H2ClF6N/c8-5-4(9)3(7(12,13)14)2(1-15-5)6(10)11/h1,6H. The van der Waals surface area contributed by atoms with Gasteiger partial charge in [0.1, 0.15) is 5.56 Å². The lowest BCUT2D eigenvalue weighted by atomic mass is 10.1. The van der Waals surface area contributed by atoms with E-state index in [0.717, 1.165) is 0 Å². The third-order valence-corrected chi connectivity index (χ3v) is 1.79. The first-order valence-corrected chi connectivity index (χ1v) is 3.82. The predicted molar refractivity (Wildman–Crippen MR) is 39.2 cm³/mol. The maximum atomic E-state index is 12.9. The van der Waals surface area contributed by atoms with Crippen molar-refractivity contribution in [2.75, 3.05) is 0 Å². The summed E-state index contributed by atoms with van der Waals surface area (Å²) in [5.41, 5.74) is -3.60. The first-order chi connectivity index (χ1) is 6.75. The Morgan fingerprint density at radius 2 is 1.80 bits per heavy atom. The Morgan fingerprint density at radius 1 is 1.27 bits per heavy atom. The Hall–Kier alpha value is -0.980. The minimum Gasteiger partial charge on any atom is -0.241 e. The van der Waals surface area contributed by atoms with Crippen LogP contribution >= 0.6 is 11.6 Å². The molecular weight excluding hydrogens is 248 g/mol. The highest BCUT2D eigenvalue weighted by atomic mass is 35.5. The normalized spacial score (nSPS) is 12.3. The Morgan fingerprint density at radius 3 is 2.20 bits per heavy atom. The molecule has 0 N–H and O–H groups in total. The number of pyridine rings is 1. The lowest BCUT2D eigenvalue weighted by molar-refractivity contribution is -0.142. The van der Waals surface area contributed by atoms with E-state index >= 15 is 0 Å². The highest BCUT2D eigenvalue weighted by molar-refractivity contribution is 6.29. The van der Waals surface area contributed by atoms with Crippen LogP contribution in [-0.4, -0.2) is 4.98 Å². The average molecular weight is 250 g/mol. The molecule has 1 nitrogen and oxygen atoms in total. The fourth-order valence-electron chi connectivity index (χ4n) is 0.931. The van der Waals surface area contributed by atoms with Gasteiger partial charge in [0.05, 0.1) is 5.56 Å². The van der Waals surface area contributed by atoms with Crippen molar-refractivity contribution < 1.29 is 26.3 Å². The summed E-state index contributed by atoms with van der Waals surface area (Å²) in [6.45, 7) is 0. The second-order valence-corrected chi connectivity index (χ2v) is 2.85. The zero-order chi connectivity index (χ0) is 11.8. The third-order valence-electron chi connectivity index (χ3n) is 1.52. The molecule has 0 radical (unpaired) electrons. The molecule has 0 aliphatic heterocycles. The topological polar surface area (TPSA) is 12.9 Å². The largest absolute Gasteiger partial charge is 0.419 e. The number of rotatable bonds is 1. The van der Waals surface area contributed by atoms with Gasteiger partial charge in [0.2, 0.25) is 0 Å². The number of alkyl halides is 5. The Bertz CT molecular complexity index is 374. The van der Waals surface area contributed by atoms with Gasteiger partial charge >= 0.3 is 6.18 Å². The lowest BCUT2D eigenvalue weighted by Gasteiger charge is -2.13. The fraction of sp³-hybridized carbons (Fsp3) is 0.286. The van der Waals surface area contributed by atoms with Gasteiger partial charge in [-0.05, 0) is 0 Å². The Kier molecular flexibility index (Phi) is 3.13. The van der Waals surface area contributed by atoms with Crippen molar-refractivity contribution in [1.29, 1.82) is 0 Å². The molecule has 0 amide bonds. The van der Waals surface area contributed by atoms with E-state index in [1.54, 1.807) is 0 Å². The van der Waals surface area contributed by atoms with Crippen LogP contribution in [0.15, 0.2) is 6.20 Å². The minimum absolute atomic E-state index is 0.207. The van der Waals surface area contributed by atoms with Crippen LogP contribution < -0.4 is 0 Å². The van der Waals surface area contributed by atoms with Gasteiger partial charge in [-0.3, -0.25) is 0 Å². The van der Waals surface area contributed by atoms with Gasteiger partial charge in [0, 0.05) is 6.20 Å². The molecule has 8 heteroatoms. The molecule has 0 unspecified atom stereocenters. The predicted octanol–water partition coefficient (Wildman–Crippen LogP) is 3.83. The molecule has 0 aliphatic rings. The summed E-state index contributed by atoms with van der Waals surface area (Å²) in [6, 6.07) is 0. The van der Waals surface area contributed by atoms with Gasteiger partial charge in [-0.1, -0.05) is 11.6 Å². The van der Waals surface area contributed by atoms with E-state index in [1.165, 1.54) is 0 Å². The SMILES string of the molecule is Fc1c(Cl)ncc(C(F)F)c1C(F)(F)F. The van der Waals surface area contributed by atoms with E-state index in [1.807, 2.05) is 0 Å². The van der Waals surface area contributed by atoms with Crippen molar-refractivity contribution in [2.24, 2.45) is 0 Å². The summed E-state index contributed by atoms with van der Waals surface area (Å²) in [6.07, 6.45) is -8.50. The highest BCUT2D eigenvalue weighted by Gasteiger charge is 2.40. The summed E-state index contributed by atoms with van der Waals surface area (Å²) in [7, 11) is 0. The van der Waals surface area contributed by atoms with Gasteiger partial charge in [-0.15, -0.1) is 0 Å². The van der Waals surface area contributed by atoms with Crippen LogP contribution in [0.1, 0.15) is 17.6 Å². The zero-order valence-electron chi connectivity index (χ0n) is 6.75. The number of hydrogen-bond donors (Lipinski definition) is 0. The third kappa shape index (κ3) is 2.34. The van der Waals surface area contributed by atoms with Gasteiger partial charge < -0.3 is 0 Å². The summed E-state index contributed by atoms with van der Waals surface area (Å²) in [5.74, 6) is -1.98. The van der Waals surface area contributed by atoms with Crippen molar-refractivity contribution >= 4 is 11.6 Å². The van der Waals surface area contributed by atoms with Crippen molar-refractivity contribution in [3.8, 4) is 0 Å². The van der Waals surface area contributed by atoms with Crippen LogP contribution in [0.4, 0.5) is 26.3 Å². The molecule has 0 aromatic carbocycles. The molecule has 0 spiro atoms. The van der Waals surface area contributed by atoms with Crippen molar-refractivity contribution in [1.82, 2.24) is 4.98 Å². The van der Waals surface area contributed by atoms with E-state index in [0.29, 0.717) is 0 Å². The molecule has 1 aromatic rings. The molecule has 84 valence electrons. The van der Waals surface area contributed by atoms with Gasteiger partial charge in [-0.2, -0.15) is 13.2 Å². The van der Waals surface area contributed by atoms with Crippen LogP contribution in [0.25, 0.3) is 0 Å². The second-order valence-electron chi connectivity index (χ2n) is 2.49. The summed E-state index contributed by atoms with van der Waals surface area (Å²) in [5, 5.41) is -1.09. The summed E-state index contributed by atoms with van der Waals surface area (Å²) in [4.78, 5) is 2.88. The average Bonchev–Trinajstić information content (AvgIpc) is 2.06. The molecule has 0 bridgehead atoms. The van der Waals surface area contributed by atoms with Crippen LogP contribution in [-0.2, 0) is 6.18 Å². The highest BCUT2D eigenvalue weighted by Crippen LogP contribution is 2.39. The monoisotopic (exact) mass is 249 g/mol. The summed E-state index contributed by atoms with van der Waals surface area (Å²) < 4.78 is 73.7. The molecule has 0 fully saturated rings. The molecule has 0 aliphatic carbocycles. The maximum Gasteiger partial charge on any atom is 0.419 e. The van der Waals surface area contributed by atoms with Crippen molar-refractivity contribution in [2.45, 2.75) is 12.6 Å². The second kappa shape index (κ2) is 3.88. The quantitative estimate of drug-likeness (QED) is 0.544. The zero-order valence-corrected chi connectivity index (χ0v) is 7.50. The van der Waals surface area contributed by atoms with Gasteiger partial charge in [0.15, 0.2) is 11.0 Å². The van der Waals surface area contributed by atoms with Crippen molar-refractivity contribution in [3.05, 3.63) is 28.3 Å². The number of hydrogen-bond acceptors (Lipinski definition) is 1. The molecule has 1 rings (SSSR count).